The Morgan fingerprint density at radius 1 is 1.40 bits per heavy atom. The van der Waals surface area contributed by atoms with Gasteiger partial charge in [0.1, 0.15) is 10.6 Å². The number of rotatable bonds is 4. The van der Waals surface area contributed by atoms with Gasteiger partial charge in [-0.3, -0.25) is 0 Å². The first-order chi connectivity index (χ1) is 9.62. The topological polar surface area (TPSA) is 41.1 Å². The van der Waals surface area contributed by atoms with Gasteiger partial charge in [-0.05, 0) is 44.6 Å². The van der Waals surface area contributed by atoms with Gasteiger partial charge < -0.3 is 10.2 Å². The van der Waals surface area contributed by atoms with Gasteiger partial charge >= 0.3 is 0 Å². The Balaban J connectivity index is 2.05. The van der Waals surface area contributed by atoms with E-state index in [4.69, 9.17) is 4.98 Å². The Bertz CT molecular complexity index is 605. The van der Waals surface area contributed by atoms with Gasteiger partial charge in [0.2, 0.25) is 5.95 Å². The molecule has 1 saturated heterocycles. The second-order valence-corrected chi connectivity index (χ2v) is 6.90. The molecule has 108 valence electrons. The van der Waals surface area contributed by atoms with Crippen molar-refractivity contribution >= 4 is 33.3 Å². The van der Waals surface area contributed by atoms with Crippen LogP contribution in [0.2, 0.25) is 0 Å². The summed E-state index contributed by atoms with van der Waals surface area (Å²) in [5, 5.41) is 6.62. The summed E-state index contributed by atoms with van der Waals surface area (Å²) in [5.74, 6) is 1.86. The Labute approximate surface area is 124 Å². The van der Waals surface area contributed by atoms with Gasteiger partial charge in [-0.25, -0.2) is 4.98 Å². The molecule has 2 aromatic rings. The molecule has 0 aromatic carbocycles. The second-order valence-electron chi connectivity index (χ2n) is 6.00. The fraction of sp³-hybridized carbons (Fsp3) is 0.600. The van der Waals surface area contributed by atoms with Crippen molar-refractivity contribution in [1.82, 2.24) is 9.97 Å². The van der Waals surface area contributed by atoms with Crippen LogP contribution >= 0.6 is 11.3 Å². The average Bonchev–Trinajstić information content (AvgIpc) is 3.01. The number of fused-ring (bicyclic) bond motifs is 1. The maximum atomic E-state index is 4.80. The number of nitrogens with zero attached hydrogens (tertiary/aromatic N) is 3. The van der Waals surface area contributed by atoms with Crippen LogP contribution in [0.3, 0.4) is 0 Å². The molecule has 0 bridgehead atoms. The van der Waals surface area contributed by atoms with Gasteiger partial charge in [0.25, 0.3) is 0 Å². The highest BCUT2D eigenvalue weighted by molar-refractivity contribution is 7.16. The maximum Gasteiger partial charge on any atom is 0.226 e. The van der Waals surface area contributed by atoms with E-state index in [0.29, 0.717) is 0 Å². The fourth-order valence-electron chi connectivity index (χ4n) is 2.86. The van der Waals surface area contributed by atoms with Crippen LogP contribution < -0.4 is 10.2 Å². The standard InChI is InChI=1S/C15H22N4S/c1-4-8-16-14-17-12(11-6-10-20-13(11)18-14)19-9-5-7-15(19,2)3/h6,10H,4-5,7-9H2,1-3H3,(H,16,17,18). The first-order valence-corrected chi connectivity index (χ1v) is 8.26. The van der Waals surface area contributed by atoms with Gasteiger partial charge in [0.05, 0.1) is 5.39 Å². The van der Waals surface area contributed by atoms with Crippen molar-refractivity contribution in [2.24, 2.45) is 0 Å². The minimum absolute atomic E-state index is 0.186. The van der Waals surface area contributed by atoms with Gasteiger partial charge in [0.15, 0.2) is 0 Å². The van der Waals surface area contributed by atoms with Crippen molar-refractivity contribution in [2.45, 2.75) is 45.6 Å². The van der Waals surface area contributed by atoms with E-state index in [9.17, 15) is 0 Å². The minimum Gasteiger partial charge on any atom is -0.354 e. The molecule has 1 fully saturated rings. The molecule has 0 amide bonds. The number of thiophene rings is 1. The summed E-state index contributed by atoms with van der Waals surface area (Å²) in [7, 11) is 0. The largest absolute Gasteiger partial charge is 0.354 e. The van der Waals surface area contributed by atoms with Crippen LogP contribution in [0.15, 0.2) is 11.4 Å². The number of hydrogen-bond donors (Lipinski definition) is 1. The third kappa shape index (κ3) is 2.35. The van der Waals surface area contributed by atoms with Crippen LogP contribution in [0.1, 0.15) is 40.0 Å². The third-order valence-corrected chi connectivity index (χ3v) is 4.80. The number of nitrogens with one attached hydrogen (secondary N) is 1. The normalized spacial score (nSPS) is 17.9. The van der Waals surface area contributed by atoms with Crippen molar-refractivity contribution in [1.29, 1.82) is 0 Å². The summed E-state index contributed by atoms with van der Waals surface area (Å²) in [6, 6.07) is 2.15. The predicted octanol–water partition coefficient (Wildman–Crippen LogP) is 3.89. The summed E-state index contributed by atoms with van der Waals surface area (Å²) in [6.45, 7) is 8.77. The lowest BCUT2D eigenvalue weighted by molar-refractivity contribution is 0.515. The highest BCUT2D eigenvalue weighted by Crippen LogP contribution is 2.37. The van der Waals surface area contributed by atoms with E-state index in [2.05, 4.69) is 47.4 Å². The molecule has 0 atom stereocenters. The monoisotopic (exact) mass is 290 g/mol. The van der Waals surface area contributed by atoms with E-state index in [0.717, 1.165) is 36.1 Å². The second kappa shape index (κ2) is 5.20. The van der Waals surface area contributed by atoms with E-state index in [-0.39, 0.29) is 5.54 Å². The summed E-state index contributed by atoms with van der Waals surface area (Å²) in [4.78, 5) is 12.9. The molecule has 5 heteroatoms. The van der Waals surface area contributed by atoms with E-state index in [1.54, 1.807) is 11.3 Å². The maximum absolute atomic E-state index is 4.80. The highest BCUT2D eigenvalue weighted by Gasteiger charge is 2.34. The minimum atomic E-state index is 0.186. The SMILES string of the molecule is CCCNc1nc(N2CCCC2(C)C)c2ccsc2n1. The van der Waals surface area contributed by atoms with Crippen LogP contribution in [0.4, 0.5) is 11.8 Å². The van der Waals surface area contributed by atoms with Gasteiger partial charge in [0, 0.05) is 18.6 Å². The van der Waals surface area contributed by atoms with Crippen molar-refractivity contribution in [3.05, 3.63) is 11.4 Å². The molecule has 0 aliphatic carbocycles. The summed E-state index contributed by atoms with van der Waals surface area (Å²) >= 11 is 1.69. The molecule has 0 radical (unpaired) electrons. The lowest BCUT2D eigenvalue weighted by atomic mass is 10.0. The molecule has 2 aromatic heterocycles. The lowest BCUT2D eigenvalue weighted by Crippen LogP contribution is -2.38. The van der Waals surface area contributed by atoms with Crippen LogP contribution in [0, 0.1) is 0 Å². The Morgan fingerprint density at radius 2 is 2.25 bits per heavy atom. The van der Waals surface area contributed by atoms with Crippen LogP contribution in [0.5, 0.6) is 0 Å². The Morgan fingerprint density at radius 3 is 2.95 bits per heavy atom. The van der Waals surface area contributed by atoms with E-state index >= 15 is 0 Å². The summed E-state index contributed by atoms with van der Waals surface area (Å²) in [6.07, 6.45) is 3.54. The number of aromatic nitrogens is 2. The van der Waals surface area contributed by atoms with Crippen LogP contribution in [-0.2, 0) is 0 Å². The summed E-state index contributed by atoms with van der Waals surface area (Å²) < 4.78 is 0. The molecule has 0 spiro atoms. The van der Waals surface area contributed by atoms with Gasteiger partial charge in [-0.2, -0.15) is 4.98 Å². The smallest absolute Gasteiger partial charge is 0.226 e. The molecule has 0 saturated carbocycles. The first-order valence-electron chi connectivity index (χ1n) is 7.38. The lowest BCUT2D eigenvalue weighted by Gasteiger charge is -2.33. The van der Waals surface area contributed by atoms with Crippen molar-refractivity contribution < 1.29 is 0 Å². The first kappa shape index (κ1) is 13.6. The molecule has 1 N–H and O–H groups in total. The zero-order valence-electron chi connectivity index (χ0n) is 12.4. The predicted molar refractivity (Wildman–Crippen MR) is 86.9 cm³/mol. The fourth-order valence-corrected chi connectivity index (χ4v) is 3.62. The van der Waals surface area contributed by atoms with Crippen molar-refractivity contribution in [3.8, 4) is 0 Å². The Kier molecular flexibility index (Phi) is 3.54. The quantitative estimate of drug-likeness (QED) is 0.927. The highest BCUT2D eigenvalue weighted by atomic mass is 32.1. The molecule has 4 nitrogen and oxygen atoms in total. The zero-order valence-corrected chi connectivity index (χ0v) is 13.3. The van der Waals surface area contributed by atoms with Crippen molar-refractivity contribution in [2.75, 3.05) is 23.3 Å². The van der Waals surface area contributed by atoms with Gasteiger partial charge in [-0.15, -0.1) is 11.3 Å². The number of hydrogen-bond acceptors (Lipinski definition) is 5. The average molecular weight is 290 g/mol. The zero-order chi connectivity index (χ0) is 14.2. The van der Waals surface area contributed by atoms with Gasteiger partial charge in [-0.1, -0.05) is 6.92 Å². The van der Waals surface area contributed by atoms with E-state index in [1.165, 1.54) is 18.2 Å². The molecule has 1 aliphatic heterocycles. The molecule has 3 heterocycles. The van der Waals surface area contributed by atoms with E-state index < -0.39 is 0 Å². The van der Waals surface area contributed by atoms with Crippen LogP contribution in [-0.4, -0.2) is 28.6 Å². The summed E-state index contributed by atoms with van der Waals surface area (Å²) in [5.41, 5.74) is 0.186. The molecular weight excluding hydrogens is 268 g/mol. The Hall–Kier alpha value is -1.36. The molecule has 3 rings (SSSR count). The molecular formula is C15H22N4S. The third-order valence-electron chi connectivity index (χ3n) is 3.99. The number of anilines is 2. The van der Waals surface area contributed by atoms with Crippen LogP contribution in [0.25, 0.3) is 10.2 Å². The molecule has 20 heavy (non-hydrogen) atoms. The van der Waals surface area contributed by atoms with E-state index in [1.807, 2.05) is 0 Å². The molecule has 1 aliphatic rings. The molecule has 0 unspecified atom stereocenters. The van der Waals surface area contributed by atoms with Crippen molar-refractivity contribution in [3.63, 3.8) is 0 Å².